The molecule has 2 atom stereocenters. The van der Waals surface area contributed by atoms with Crippen LogP contribution in [0.2, 0.25) is 0 Å². The summed E-state index contributed by atoms with van der Waals surface area (Å²) < 4.78 is 6.51. The Morgan fingerprint density at radius 1 is 1.40 bits per heavy atom. The van der Waals surface area contributed by atoms with Crippen LogP contribution in [0, 0.1) is 5.92 Å². The molecular weight excluding hydrogens is 400 g/mol. The maximum absolute atomic E-state index is 13.1. The van der Waals surface area contributed by atoms with E-state index in [-0.39, 0.29) is 11.5 Å². The normalized spacial score (nSPS) is 17.1. The third kappa shape index (κ3) is 3.87. The summed E-state index contributed by atoms with van der Waals surface area (Å²) in [5.74, 6) is 0.999. The van der Waals surface area contributed by atoms with Gasteiger partial charge in [0.15, 0.2) is 0 Å². The minimum atomic E-state index is -0.722. The van der Waals surface area contributed by atoms with E-state index in [9.17, 15) is 9.59 Å². The molecule has 1 amide bonds. The molecule has 0 aliphatic heterocycles. The van der Waals surface area contributed by atoms with Gasteiger partial charge < -0.3 is 4.74 Å². The van der Waals surface area contributed by atoms with E-state index in [1.807, 2.05) is 24.3 Å². The summed E-state index contributed by atoms with van der Waals surface area (Å²) in [6.07, 6.45) is 5.97. The van der Waals surface area contributed by atoms with E-state index in [1.165, 1.54) is 15.8 Å². The number of ether oxygens (including phenoxy) is 1. The molecule has 0 fully saturated rings. The van der Waals surface area contributed by atoms with E-state index in [1.54, 1.807) is 31.6 Å². The van der Waals surface area contributed by atoms with E-state index in [0.29, 0.717) is 11.3 Å². The summed E-state index contributed by atoms with van der Waals surface area (Å²) in [5, 5.41) is 4.68. The minimum Gasteiger partial charge on any atom is -0.497 e. The van der Waals surface area contributed by atoms with E-state index >= 15 is 0 Å². The molecule has 3 aromatic rings. The number of rotatable bonds is 5. The van der Waals surface area contributed by atoms with Crippen molar-refractivity contribution in [2.75, 3.05) is 7.11 Å². The van der Waals surface area contributed by atoms with Gasteiger partial charge >= 0.3 is 0 Å². The van der Waals surface area contributed by atoms with Gasteiger partial charge in [0.25, 0.3) is 11.5 Å². The van der Waals surface area contributed by atoms with E-state index in [0.717, 1.165) is 41.0 Å². The smallest absolute Gasteiger partial charge is 0.263 e. The molecule has 1 N–H and O–H groups in total. The molecule has 4 rings (SSSR count). The number of hydrazone groups is 1. The van der Waals surface area contributed by atoms with Crippen molar-refractivity contribution < 1.29 is 9.53 Å². The molecule has 7 nitrogen and oxygen atoms in total. The van der Waals surface area contributed by atoms with Crippen molar-refractivity contribution in [1.82, 2.24) is 15.0 Å². The predicted molar refractivity (Wildman–Crippen MR) is 119 cm³/mol. The van der Waals surface area contributed by atoms with E-state index in [4.69, 9.17) is 4.74 Å². The number of hydrogen-bond donors (Lipinski definition) is 1. The standard InChI is InChI=1S/C22H24N4O3S/c1-13-4-9-17-18(10-13)30-21-19(17)22(28)26(12-23-21)14(2)20(27)25-24-11-15-5-7-16(29-3)8-6-15/h5-8,11-14H,4,9-10H2,1-3H3,(H,25,27)/b24-11-/t13-,14-/m1/s1. The summed E-state index contributed by atoms with van der Waals surface area (Å²) in [6, 6.07) is 6.57. The maximum Gasteiger partial charge on any atom is 0.263 e. The number of thiophene rings is 1. The van der Waals surface area contributed by atoms with Crippen LogP contribution >= 0.6 is 11.3 Å². The molecule has 1 aliphatic rings. The summed E-state index contributed by atoms with van der Waals surface area (Å²) in [4.78, 5) is 32.2. The van der Waals surface area contributed by atoms with Crippen molar-refractivity contribution in [2.45, 2.75) is 39.2 Å². The Bertz CT molecular complexity index is 1160. The Kier molecular flexibility index (Phi) is 5.67. The van der Waals surface area contributed by atoms with Crippen molar-refractivity contribution in [3.63, 3.8) is 0 Å². The van der Waals surface area contributed by atoms with E-state index < -0.39 is 6.04 Å². The zero-order valence-electron chi connectivity index (χ0n) is 17.2. The Hall–Kier alpha value is -3.00. The zero-order chi connectivity index (χ0) is 21.3. The highest BCUT2D eigenvalue weighted by Crippen LogP contribution is 2.35. The highest BCUT2D eigenvalue weighted by Gasteiger charge is 2.25. The molecule has 0 radical (unpaired) electrons. The molecule has 8 heteroatoms. The van der Waals surface area contributed by atoms with Crippen molar-refractivity contribution in [1.29, 1.82) is 0 Å². The summed E-state index contributed by atoms with van der Waals surface area (Å²) >= 11 is 1.60. The average Bonchev–Trinajstić information content (AvgIpc) is 3.12. The van der Waals surface area contributed by atoms with Crippen LogP contribution in [-0.4, -0.2) is 28.8 Å². The Labute approximate surface area is 178 Å². The first-order valence-electron chi connectivity index (χ1n) is 9.96. The van der Waals surface area contributed by atoms with Crippen LogP contribution in [0.5, 0.6) is 5.75 Å². The molecule has 1 aliphatic carbocycles. The fraction of sp³-hybridized carbons (Fsp3) is 0.364. The lowest BCUT2D eigenvalue weighted by molar-refractivity contribution is -0.123. The number of fused-ring (bicyclic) bond motifs is 3. The van der Waals surface area contributed by atoms with Gasteiger partial charge in [-0.1, -0.05) is 6.92 Å². The van der Waals surface area contributed by atoms with Crippen LogP contribution in [0.3, 0.4) is 0 Å². The number of amides is 1. The first-order valence-corrected chi connectivity index (χ1v) is 10.8. The number of aromatic nitrogens is 2. The molecule has 30 heavy (non-hydrogen) atoms. The molecule has 2 heterocycles. The predicted octanol–water partition coefficient (Wildman–Crippen LogP) is 3.30. The zero-order valence-corrected chi connectivity index (χ0v) is 18.0. The SMILES string of the molecule is COc1ccc(/C=N\NC(=O)[C@@H](C)n2cnc3sc4c(c3c2=O)CC[C@@H](C)C4)cc1. The Balaban J connectivity index is 1.52. The molecule has 1 aromatic carbocycles. The lowest BCUT2D eigenvalue weighted by Gasteiger charge is -2.18. The lowest BCUT2D eigenvalue weighted by Crippen LogP contribution is -2.34. The van der Waals surface area contributed by atoms with Crippen molar-refractivity contribution in [3.8, 4) is 5.75 Å². The Morgan fingerprint density at radius 3 is 2.90 bits per heavy atom. The maximum atomic E-state index is 13.1. The molecular formula is C22H24N4O3S. The molecule has 0 spiro atoms. The first kappa shape index (κ1) is 20.3. The molecule has 0 saturated heterocycles. The third-order valence-corrected chi connectivity index (χ3v) is 6.70. The van der Waals surface area contributed by atoms with Gasteiger partial charge in [0.1, 0.15) is 16.6 Å². The number of nitrogens with zero attached hydrogens (tertiary/aromatic N) is 3. The molecule has 2 aromatic heterocycles. The number of nitrogens with one attached hydrogen (secondary N) is 1. The quantitative estimate of drug-likeness (QED) is 0.503. The van der Waals surface area contributed by atoms with E-state index in [2.05, 4.69) is 22.4 Å². The van der Waals surface area contributed by atoms with Gasteiger partial charge in [-0.2, -0.15) is 5.10 Å². The van der Waals surface area contributed by atoms with Crippen LogP contribution in [0.4, 0.5) is 0 Å². The summed E-state index contributed by atoms with van der Waals surface area (Å²) in [5.41, 5.74) is 4.29. The number of carbonyl (C=O) groups excluding carboxylic acids is 1. The van der Waals surface area contributed by atoms with Crippen molar-refractivity contribution >= 4 is 33.7 Å². The number of hydrogen-bond acceptors (Lipinski definition) is 6. The second kappa shape index (κ2) is 8.39. The second-order valence-corrected chi connectivity index (χ2v) is 8.76. The van der Waals surface area contributed by atoms with Crippen LogP contribution in [0.1, 0.15) is 42.3 Å². The number of benzene rings is 1. The van der Waals surface area contributed by atoms with Crippen LogP contribution in [0.15, 0.2) is 40.5 Å². The second-order valence-electron chi connectivity index (χ2n) is 7.67. The van der Waals surface area contributed by atoms with Crippen LogP contribution in [0.25, 0.3) is 10.2 Å². The number of methoxy groups -OCH3 is 1. The Morgan fingerprint density at radius 2 is 2.17 bits per heavy atom. The number of aryl methyl sites for hydroxylation is 1. The topological polar surface area (TPSA) is 85.6 Å². The van der Waals surface area contributed by atoms with Gasteiger partial charge in [-0.25, -0.2) is 10.4 Å². The van der Waals surface area contributed by atoms with Crippen LogP contribution < -0.4 is 15.7 Å². The lowest BCUT2D eigenvalue weighted by atomic mass is 9.89. The first-order chi connectivity index (χ1) is 14.5. The third-order valence-electron chi connectivity index (χ3n) is 5.54. The highest BCUT2D eigenvalue weighted by atomic mass is 32.1. The van der Waals surface area contributed by atoms with Gasteiger partial charge in [0, 0.05) is 4.88 Å². The van der Waals surface area contributed by atoms with Gasteiger partial charge in [0.05, 0.1) is 25.0 Å². The average molecular weight is 425 g/mol. The van der Waals surface area contributed by atoms with Crippen molar-refractivity contribution in [2.24, 2.45) is 11.0 Å². The van der Waals surface area contributed by atoms with Crippen LogP contribution in [-0.2, 0) is 17.6 Å². The monoisotopic (exact) mass is 424 g/mol. The minimum absolute atomic E-state index is 0.158. The summed E-state index contributed by atoms with van der Waals surface area (Å²) in [6.45, 7) is 3.91. The summed E-state index contributed by atoms with van der Waals surface area (Å²) in [7, 11) is 1.60. The van der Waals surface area contributed by atoms with Gasteiger partial charge in [0.2, 0.25) is 0 Å². The fourth-order valence-corrected chi connectivity index (χ4v) is 5.04. The van der Waals surface area contributed by atoms with Crippen molar-refractivity contribution in [3.05, 3.63) is 57.0 Å². The number of carbonyl (C=O) groups is 1. The van der Waals surface area contributed by atoms with Gasteiger partial charge in [-0.05, 0) is 67.5 Å². The molecule has 156 valence electrons. The molecule has 0 bridgehead atoms. The van der Waals surface area contributed by atoms with Gasteiger partial charge in [-0.15, -0.1) is 11.3 Å². The largest absolute Gasteiger partial charge is 0.497 e. The van der Waals surface area contributed by atoms with Gasteiger partial charge in [-0.3, -0.25) is 14.2 Å². The molecule has 0 saturated carbocycles. The highest BCUT2D eigenvalue weighted by molar-refractivity contribution is 7.18. The molecule has 0 unspecified atom stereocenters. The fourth-order valence-electron chi connectivity index (χ4n) is 3.70.